The maximum Gasteiger partial charge on any atom is 0.326 e. The Morgan fingerprint density at radius 2 is 1.49 bits per heavy atom. The molecule has 1 aliphatic rings. The highest BCUT2D eigenvalue weighted by atomic mass is 16.5. The highest BCUT2D eigenvalue weighted by Crippen LogP contribution is 2.40. The number of rotatable bonds is 17. The molecule has 4 bridgehead atoms. The molecule has 0 saturated carbocycles. The van der Waals surface area contributed by atoms with Gasteiger partial charge in [-0.25, -0.2) is 4.79 Å². The number of hydrogen-bond acceptors (Lipinski definition) is 9. The van der Waals surface area contributed by atoms with Crippen molar-refractivity contribution in [3.8, 4) is 33.8 Å². The van der Waals surface area contributed by atoms with Gasteiger partial charge < -0.3 is 46.5 Å². The van der Waals surface area contributed by atoms with E-state index in [9.17, 15) is 33.9 Å². The van der Waals surface area contributed by atoms with E-state index in [4.69, 9.17) is 15.2 Å². The Morgan fingerprint density at radius 1 is 0.857 bits per heavy atom. The number of amides is 5. The van der Waals surface area contributed by atoms with E-state index in [1.807, 2.05) is 12.1 Å². The van der Waals surface area contributed by atoms with Gasteiger partial charge in [0.2, 0.25) is 23.6 Å². The molecule has 63 heavy (non-hydrogen) atoms. The van der Waals surface area contributed by atoms with E-state index in [1.165, 1.54) is 38.7 Å². The smallest absolute Gasteiger partial charge is 0.326 e. The molecule has 0 spiro atoms. The highest BCUT2D eigenvalue weighted by molar-refractivity contribution is 5.97. The quantitative estimate of drug-likeness (QED) is 0.0814. The zero-order chi connectivity index (χ0) is 45.6. The molecule has 5 rings (SSSR count). The number of unbranched alkanes of at least 4 members (excludes halogenated alkanes) is 1. The van der Waals surface area contributed by atoms with Crippen LogP contribution in [0, 0.1) is 0 Å². The van der Waals surface area contributed by atoms with Gasteiger partial charge in [-0.15, -0.1) is 0 Å². The predicted molar refractivity (Wildman–Crippen MR) is 239 cm³/mol. The maximum atomic E-state index is 14.5. The van der Waals surface area contributed by atoms with E-state index in [-0.39, 0.29) is 31.7 Å². The number of ether oxygens (including phenoxy) is 2. The van der Waals surface area contributed by atoms with Crippen molar-refractivity contribution < 1.29 is 43.3 Å². The Kier molecular flexibility index (Phi) is 16.8. The standard InChI is InChI=1S/C48H58N6O9/c1-6-9-30-11-14-32(15-12-30)33-16-18-34(19-17-33)45(57)50-25-23-42(55)52-38(10-7-8-24-49)47(59)54(3)43-35-20-22-41(63-5)37(28-35)36-26-31(13-21-40(36)62-4)27-39(48(60)61)53-44(56)29(2)51-46(43)58/h11-22,26,28-29,38-39,43H,6-10,23-25,27,49H2,1-5H3,(H,50,57)(H,51,58)(H,52,55)(H,53,56)(H,60,61)/t29-,38?,39-,43-/m0/s1. The van der Waals surface area contributed by atoms with E-state index >= 15 is 0 Å². The van der Waals surface area contributed by atoms with Crippen LogP contribution in [-0.2, 0) is 36.8 Å². The largest absolute Gasteiger partial charge is 0.496 e. The zero-order valence-corrected chi connectivity index (χ0v) is 36.5. The number of hydrogen-bond donors (Lipinski definition) is 6. The third-order valence-electron chi connectivity index (χ3n) is 11.1. The lowest BCUT2D eigenvalue weighted by molar-refractivity contribution is -0.144. The van der Waals surface area contributed by atoms with Gasteiger partial charge in [-0.2, -0.15) is 0 Å². The van der Waals surface area contributed by atoms with Gasteiger partial charge in [-0.05, 0) is 103 Å². The van der Waals surface area contributed by atoms with E-state index in [2.05, 4.69) is 52.5 Å². The van der Waals surface area contributed by atoms with Crippen LogP contribution in [0.1, 0.15) is 79.0 Å². The summed E-state index contributed by atoms with van der Waals surface area (Å²) in [6.45, 7) is 3.91. The number of carbonyl (C=O) groups is 6. The summed E-state index contributed by atoms with van der Waals surface area (Å²) >= 11 is 0. The Labute approximate surface area is 368 Å². The lowest BCUT2D eigenvalue weighted by Gasteiger charge is -2.32. The van der Waals surface area contributed by atoms with E-state index < -0.39 is 53.8 Å². The third kappa shape index (κ3) is 12.2. The molecule has 0 saturated heterocycles. The fourth-order valence-electron chi connectivity index (χ4n) is 7.59. The molecular weight excluding hydrogens is 805 g/mol. The average Bonchev–Trinajstić information content (AvgIpc) is 3.28. The summed E-state index contributed by atoms with van der Waals surface area (Å²) in [7, 11) is 4.40. The molecule has 15 nitrogen and oxygen atoms in total. The third-order valence-corrected chi connectivity index (χ3v) is 11.1. The topological polar surface area (TPSA) is 218 Å². The number of nitrogens with zero attached hydrogens (tertiary/aromatic N) is 1. The number of nitrogens with two attached hydrogens (primary N) is 1. The molecule has 5 amide bonds. The van der Waals surface area contributed by atoms with Crippen LogP contribution < -0.4 is 36.5 Å². The summed E-state index contributed by atoms with van der Waals surface area (Å²) in [5.74, 6) is -3.35. The molecule has 334 valence electrons. The van der Waals surface area contributed by atoms with Crippen LogP contribution >= 0.6 is 0 Å². The van der Waals surface area contributed by atoms with Crippen LogP contribution in [0.5, 0.6) is 11.5 Å². The molecule has 4 atom stereocenters. The second kappa shape index (κ2) is 22.4. The molecule has 7 N–H and O–H groups in total. The Hall–Kier alpha value is -6.74. The highest BCUT2D eigenvalue weighted by Gasteiger charge is 2.36. The zero-order valence-electron chi connectivity index (χ0n) is 36.5. The molecule has 4 aromatic carbocycles. The number of carbonyl (C=O) groups excluding carboxylic acids is 5. The molecular formula is C48H58N6O9. The SMILES string of the molecule is CCCc1ccc(-c2ccc(C(=O)NCCC(=O)NC(CCCCN)C(=O)N(C)[C@@H]3C(=O)N[C@@H](C)C(=O)N[C@H](C(=O)O)Cc4ccc(OC)c(c4)-c4cc3ccc4OC)cc2)cc1. The number of methoxy groups -OCH3 is 2. The number of nitrogens with one attached hydrogen (secondary N) is 4. The van der Waals surface area contributed by atoms with Crippen molar-refractivity contribution >= 4 is 35.5 Å². The second-order valence-corrected chi connectivity index (χ2v) is 15.6. The average molecular weight is 863 g/mol. The lowest BCUT2D eigenvalue weighted by atomic mass is 9.93. The molecule has 0 fully saturated rings. The number of aliphatic carboxylic acids is 1. The number of benzene rings is 4. The maximum absolute atomic E-state index is 14.5. The Morgan fingerprint density at radius 3 is 2.11 bits per heavy atom. The number of likely N-dealkylation sites (N-methyl/N-ethyl adjacent to an activating group) is 1. The monoisotopic (exact) mass is 862 g/mol. The van der Waals surface area contributed by atoms with Crippen LogP contribution in [0.15, 0.2) is 84.9 Å². The van der Waals surface area contributed by atoms with Gasteiger partial charge in [0.15, 0.2) is 0 Å². The van der Waals surface area contributed by atoms with Crippen molar-refractivity contribution in [3.05, 3.63) is 107 Å². The van der Waals surface area contributed by atoms with E-state index in [0.717, 1.165) is 24.0 Å². The fourth-order valence-corrected chi connectivity index (χ4v) is 7.59. The van der Waals surface area contributed by atoms with Crippen LogP contribution in [0.3, 0.4) is 0 Å². The summed E-state index contributed by atoms with van der Waals surface area (Å²) in [4.78, 5) is 82.1. The van der Waals surface area contributed by atoms with Crippen LogP contribution in [0.2, 0.25) is 0 Å². The summed E-state index contributed by atoms with van der Waals surface area (Å²) < 4.78 is 11.4. The van der Waals surface area contributed by atoms with Gasteiger partial charge in [0.05, 0.1) is 14.2 Å². The second-order valence-electron chi connectivity index (χ2n) is 15.6. The minimum Gasteiger partial charge on any atom is -0.496 e. The Balaban J connectivity index is 1.36. The lowest BCUT2D eigenvalue weighted by Crippen LogP contribution is -2.54. The summed E-state index contributed by atoms with van der Waals surface area (Å²) in [6.07, 6.45) is 3.14. The molecule has 4 aromatic rings. The van der Waals surface area contributed by atoms with Gasteiger partial charge in [0.25, 0.3) is 5.91 Å². The first kappa shape index (κ1) is 47.3. The van der Waals surface area contributed by atoms with Crippen LogP contribution in [-0.4, -0.2) is 98.0 Å². The summed E-state index contributed by atoms with van der Waals surface area (Å²) in [5, 5.41) is 20.8. The fraction of sp³-hybridized carbons (Fsp3) is 0.375. The minimum atomic E-state index is -1.34. The molecule has 15 heteroatoms. The number of fused-ring (bicyclic) bond motifs is 5. The van der Waals surface area contributed by atoms with E-state index in [0.29, 0.717) is 58.7 Å². The van der Waals surface area contributed by atoms with Gasteiger partial charge >= 0.3 is 5.97 Å². The number of aryl methyl sites for hydroxylation is 1. The van der Waals surface area contributed by atoms with Crippen molar-refractivity contribution in [3.63, 3.8) is 0 Å². The van der Waals surface area contributed by atoms with Crippen molar-refractivity contribution in [2.24, 2.45) is 5.73 Å². The first-order valence-electron chi connectivity index (χ1n) is 21.2. The number of carboxylic acid groups (broad SMARTS) is 1. The first-order chi connectivity index (χ1) is 30.3. The summed E-state index contributed by atoms with van der Waals surface area (Å²) in [6, 6.07) is 20.7. The van der Waals surface area contributed by atoms with Gasteiger partial charge in [-0.3, -0.25) is 24.0 Å². The molecule has 1 aliphatic heterocycles. The number of carboxylic acids is 1. The Bertz CT molecular complexity index is 2260. The first-order valence-corrected chi connectivity index (χ1v) is 21.2. The molecule has 1 heterocycles. The molecule has 0 aliphatic carbocycles. The summed E-state index contributed by atoms with van der Waals surface area (Å²) in [5.41, 5.74) is 11.4. The van der Waals surface area contributed by atoms with Gasteiger partial charge in [-0.1, -0.05) is 61.9 Å². The van der Waals surface area contributed by atoms with Gasteiger partial charge in [0.1, 0.15) is 35.7 Å². The van der Waals surface area contributed by atoms with Gasteiger partial charge in [0, 0.05) is 43.1 Å². The van der Waals surface area contributed by atoms with Crippen molar-refractivity contribution in [1.82, 2.24) is 26.2 Å². The van der Waals surface area contributed by atoms with Crippen LogP contribution in [0.25, 0.3) is 22.3 Å². The van der Waals surface area contributed by atoms with E-state index in [1.54, 1.807) is 48.5 Å². The van der Waals surface area contributed by atoms with Crippen molar-refractivity contribution in [2.75, 3.05) is 34.4 Å². The molecule has 1 unspecified atom stereocenters. The molecule has 0 aromatic heterocycles. The van der Waals surface area contributed by atoms with Crippen molar-refractivity contribution in [2.45, 2.75) is 83.0 Å². The normalized spacial score (nSPS) is 16.6. The predicted octanol–water partition coefficient (Wildman–Crippen LogP) is 4.55. The van der Waals surface area contributed by atoms with Crippen molar-refractivity contribution in [1.29, 1.82) is 0 Å². The van der Waals surface area contributed by atoms with Crippen LogP contribution in [0.4, 0.5) is 0 Å². The molecule has 0 radical (unpaired) electrons. The minimum absolute atomic E-state index is 0.00212.